The normalized spacial score (nSPS) is 24.5. The Morgan fingerprint density at radius 2 is 1.89 bits per heavy atom. The third-order valence-corrected chi connectivity index (χ3v) is 6.04. The van der Waals surface area contributed by atoms with Crippen LogP contribution >= 0.6 is 0 Å². The van der Waals surface area contributed by atoms with E-state index < -0.39 is 36.6 Å². The lowest BCUT2D eigenvalue weighted by molar-refractivity contribution is -0.146. The molecule has 1 atom stereocenters. The second kappa shape index (κ2) is 6.46. The van der Waals surface area contributed by atoms with Crippen LogP contribution in [-0.4, -0.2) is 51.8 Å². The van der Waals surface area contributed by atoms with Gasteiger partial charge in [0.25, 0.3) is 5.91 Å². The van der Waals surface area contributed by atoms with E-state index in [9.17, 15) is 19.2 Å². The highest BCUT2D eigenvalue weighted by molar-refractivity contribution is 6.09. The molecule has 0 spiro atoms. The van der Waals surface area contributed by atoms with Crippen molar-refractivity contribution >= 4 is 23.7 Å². The van der Waals surface area contributed by atoms with Crippen molar-refractivity contribution in [2.24, 2.45) is 5.92 Å². The number of nitrogens with zero attached hydrogens (tertiary/aromatic N) is 2. The molecular weight excluding hydrogens is 362 g/mol. The van der Waals surface area contributed by atoms with E-state index in [4.69, 9.17) is 4.74 Å². The first-order chi connectivity index (χ1) is 13.2. The van der Waals surface area contributed by atoms with Crippen molar-refractivity contribution in [3.63, 3.8) is 0 Å². The summed E-state index contributed by atoms with van der Waals surface area (Å²) in [6.07, 6.45) is 4.00. The summed E-state index contributed by atoms with van der Waals surface area (Å²) in [4.78, 5) is 50.2. The fraction of sp³-hybridized carbons (Fsp3) is 0.600. The van der Waals surface area contributed by atoms with E-state index in [0.29, 0.717) is 11.6 Å². The number of urea groups is 1. The third-order valence-electron chi connectivity index (χ3n) is 6.04. The van der Waals surface area contributed by atoms with Crippen LogP contribution in [0.5, 0.6) is 0 Å². The van der Waals surface area contributed by atoms with Crippen molar-refractivity contribution in [3.8, 4) is 0 Å². The van der Waals surface area contributed by atoms with Gasteiger partial charge in [0.1, 0.15) is 12.1 Å². The quantitative estimate of drug-likeness (QED) is 0.438. The van der Waals surface area contributed by atoms with Crippen LogP contribution in [0.2, 0.25) is 0 Å². The molecule has 2 heterocycles. The van der Waals surface area contributed by atoms with Crippen LogP contribution in [0.3, 0.4) is 0 Å². The minimum Gasteiger partial charge on any atom is -0.456 e. The number of carbonyl (C=O) groups excluding carboxylic acids is 4. The molecule has 8 heteroatoms. The fourth-order valence-corrected chi connectivity index (χ4v) is 4.15. The van der Waals surface area contributed by atoms with Gasteiger partial charge in [-0.15, -0.1) is 0 Å². The van der Waals surface area contributed by atoms with E-state index in [-0.39, 0.29) is 11.7 Å². The number of ether oxygens (including phenoxy) is 1. The number of aryl methyl sites for hydroxylation is 1. The molecule has 0 bridgehead atoms. The first-order valence-corrected chi connectivity index (χ1v) is 9.73. The molecule has 0 aromatic carbocycles. The van der Waals surface area contributed by atoms with Gasteiger partial charge in [0.05, 0.1) is 0 Å². The first-order valence-electron chi connectivity index (χ1n) is 9.73. The molecule has 0 unspecified atom stereocenters. The molecule has 2 aliphatic carbocycles. The number of aromatic nitrogens is 1. The zero-order valence-corrected chi connectivity index (χ0v) is 16.4. The van der Waals surface area contributed by atoms with Crippen molar-refractivity contribution in [3.05, 3.63) is 23.0 Å². The molecule has 3 amide bonds. The summed E-state index contributed by atoms with van der Waals surface area (Å²) in [6, 6.07) is 1.70. The second-order valence-corrected chi connectivity index (χ2v) is 8.27. The molecule has 8 nitrogen and oxygen atoms in total. The number of Topliss-reactive ketones (excluding diaryl/α,β-unsaturated/α-hetero) is 1. The van der Waals surface area contributed by atoms with Gasteiger partial charge in [0, 0.05) is 23.0 Å². The van der Waals surface area contributed by atoms with E-state index in [1.54, 1.807) is 6.92 Å². The van der Waals surface area contributed by atoms with E-state index in [2.05, 4.69) is 9.88 Å². The number of esters is 1. The Kier molecular flexibility index (Phi) is 4.32. The second-order valence-electron chi connectivity index (χ2n) is 8.27. The molecule has 3 aliphatic rings. The van der Waals surface area contributed by atoms with Gasteiger partial charge in [-0.1, -0.05) is 0 Å². The number of hydrogen-bond acceptors (Lipinski definition) is 5. The largest absolute Gasteiger partial charge is 0.456 e. The van der Waals surface area contributed by atoms with Crippen molar-refractivity contribution in [2.75, 3.05) is 13.2 Å². The molecule has 150 valence electrons. The summed E-state index contributed by atoms with van der Waals surface area (Å²) >= 11 is 0. The molecule has 1 aromatic heterocycles. The Balaban J connectivity index is 1.35. The molecule has 1 aliphatic heterocycles. The van der Waals surface area contributed by atoms with Crippen LogP contribution in [-0.2, 0) is 14.3 Å². The first kappa shape index (κ1) is 18.7. The highest BCUT2D eigenvalue weighted by Gasteiger charge is 2.56. The van der Waals surface area contributed by atoms with Crippen molar-refractivity contribution < 1.29 is 23.9 Å². The number of carbonyl (C=O) groups is 4. The monoisotopic (exact) mass is 387 g/mol. The lowest BCUT2D eigenvalue weighted by Gasteiger charge is -2.20. The molecule has 1 saturated heterocycles. The van der Waals surface area contributed by atoms with Crippen LogP contribution in [0, 0.1) is 19.8 Å². The summed E-state index contributed by atoms with van der Waals surface area (Å²) in [6.45, 7) is 4.66. The number of amides is 3. The third kappa shape index (κ3) is 3.10. The number of ketones is 1. The van der Waals surface area contributed by atoms with Crippen LogP contribution in [0.4, 0.5) is 4.79 Å². The molecule has 4 rings (SSSR count). The Hall–Kier alpha value is -2.64. The van der Waals surface area contributed by atoms with Crippen molar-refractivity contribution in [2.45, 2.75) is 58.0 Å². The van der Waals surface area contributed by atoms with E-state index >= 15 is 0 Å². The van der Waals surface area contributed by atoms with Gasteiger partial charge < -0.3 is 14.6 Å². The fourth-order valence-electron chi connectivity index (χ4n) is 4.15. The molecule has 1 aromatic rings. The summed E-state index contributed by atoms with van der Waals surface area (Å²) < 4.78 is 7.22. The molecule has 1 N–H and O–H groups in total. The SMILES string of the molecule is Cc1cc(C(=O)COC(=O)CN2C(=O)N[C@@](C)(C3CC3)C2=O)c(C)n1C1CC1. The maximum Gasteiger partial charge on any atom is 0.326 e. The van der Waals surface area contributed by atoms with Crippen molar-refractivity contribution in [1.82, 2.24) is 14.8 Å². The zero-order valence-electron chi connectivity index (χ0n) is 16.4. The van der Waals surface area contributed by atoms with Gasteiger partial charge in [-0.25, -0.2) is 4.79 Å². The van der Waals surface area contributed by atoms with Crippen LogP contribution in [0.1, 0.15) is 60.4 Å². The highest BCUT2D eigenvalue weighted by atomic mass is 16.5. The summed E-state index contributed by atoms with van der Waals surface area (Å²) in [7, 11) is 0. The maximum absolute atomic E-state index is 12.5. The Bertz CT molecular complexity index is 881. The van der Waals surface area contributed by atoms with E-state index in [1.807, 2.05) is 19.9 Å². The zero-order chi connectivity index (χ0) is 20.2. The van der Waals surface area contributed by atoms with Crippen LogP contribution in [0.15, 0.2) is 6.07 Å². The standard InChI is InChI=1S/C20H25N3O5/c1-11-8-15(12(2)23(11)14-6-7-14)16(24)10-28-17(25)9-22-18(26)20(3,13-4-5-13)21-19(22)27/h8,13-14H,4-7,9-10H2,1-3H3,(H,21,27)/t20-/m0/s1. The topological polar surface area (TPSA) is 97.7 Å². The molecule has 3 fully saturated rings. The van der Waals surface area contributed by atoms with E-state index in [0.717, 1.165) is 42.0 Å². The van der Waals surface area contributed by atoms with Gasteiger partial charge in [-0.3, -0.25) is 19.3 Å². The average Bonchev–Trinajstić information content (AvgIpc) is 3.54. The Morgan fingerprint density at radius 3 is 2.50 bits per heavy atom. The predicted octanol–water partition coefficient (Wildman–Crippen LogP) is 1.89. The summed E-state index contributed by atoms with van der Waals surface area (Å²) in [5, 5.41) is 2.68. The molecule has 28 heavy (non-hydrogen) atoms. The molecule has 0 radical (unpaired) electrons. The van der Waals surface area contributed by atoms with Crippen LogP contribution in [0.25, 0.3) is 0 Å². The maximum atomic E-state index is 12.5. The minimum atomic E-state index is -0.937. The lowest BCUT2D eigenvalue weighted by Crippen LogP contribution is -2.46. The number of imide groups is 1. The predicted molar refractivity (Wildman–Crippen MR) is 98.8 cm³/mol. The van der Waals surface area contributed by atoms with Crippen LogP contribution < -0.4 is 5.32 Å². The average molecular weight is 387 g/mol. The van der Waals surface area contributed by atoms with Gasteiger partial charge in [0.2, 0.25) is 5.78 Å². The molecular formula is C20H25N3O5. The number of nitrogens with one attached hydrogen (secondary N) is 1. The lowest BCUT2D eigenvalue weighted by atomic mass is 9.96. The number of hydrogen-bond donors (Lipinski definition) is 1. The van der Waals surface area contributed by atoms with E-state index in [1.165, 1.54) is 0 Å². The minimum absolute atomic E-state index is 0.119. The van der Waals surface area contributed by atoms with Crippen molar-refractivity contribution in [1.29, 1.82) is 0 Å². The smallest absolute Gasteiger partial charge is 0.326 e. The summed E-state index contributed by atoms with van der Waals surface area (Å²) in [5.74, 6) is -1.34. The summed E-state index contributed by atoms with van der Waals surface area (Å²) in [5.41, 5.74) is 1.52. The van der Waals surface area contributed by atoms with Gasteiger partial charge in [-0.05, 0) is 58.4 Å². The van der Waals surface area contributed by atoms with Gasteiger partial charge >= 0.3 is 12.0 Å². The number of rotatable bonds is 7. The van der Waals surface area contributed by atoms with Gasteiger partial charge in [-0.2, -0.15) is 0 Å². The molecule has 2 saturated carbocycles. The highest BCUT2D eigenvalue weighted by Crippen LogP contribution is 2.42. The Labute approximate surface area is 163 Å². The van der Waals surface area contributed by atoms with Gasteiger partial charge in [0.15, 0.2) is 6.61 Å². The Morgan fingerprint density at radius 1 is 1.21 bits per heavy atom.